The number of hydrogen-bond donors (Lipinski definition) is 1. The highest BCUT2D eigenvalue weighted by Crippen LogP contribution is 2.16. The van der Waals surface area contributed by atoms with E-state index in [2.05, 4.69) is 10.3 Å². The highest BCUT2D eigenvalue weighted by atomic mass is 35.5. The van der Waals surface area contributed by atoms with E-state index in [9.17, 15) is 9.59 Å². The number of benzene rings is 2. The molecule has 31 heavy (non-hydrogen) atoms. The Kier molecular flexibility index (Phi) is 6.84. The van der Waals surface area contributed by atoms with Gasteiger partial charge in [0.05, 0.1) is 24.2 Å². The molecule has 0 spiro atoms. The number of fused-ring (bicyclic) bond motifs is 1. The summed E-state index contributed by atoms with van der Waals surface area (Å²) in [4.78, 5) is 32.2. The number of para-hydroxylation sites is 2. The maximum Gasteiger partial charge on any atom is 0.294 e. The minimum absolute atomic E-state index is 0.0883. The fraction of sp³-hybridized carbons (Fsp3) is 0.348. The van der Waals surface area contributed by atoms with Crippen molar-refractivity contribution in [3.63, 3.8) is 0 Å². The van der Waals surface area contributed by atoms with Crippen molar-refractivity contribution in [2.75, 3.05) is 37.7 Å². The van der Waals surface area contributed by atoms with Crippen LogP contribution in [0.5, 0.6) is 0 Å². The van der Waals surface area contributed by atoms with Crippen LogP contribution in [0, 0.1) is 0 Å². The zero-order valence-electron chi connectivity index (χ0n) is 17.2. The molecule has 3 aromatic rings. The number of carbonyl (C=O) groups excluding carboxylic acids is 1. The molecule has 162 valence electrons. The Hall–Kier alpha value is -2.90. The molecule has 1 saturated heterocycles. The summed E-state index contributed by atoms with van der Waals surface area (Å²) in [5.74, 6) is 0.333. The molecule has 1 fully saturated rings. The van der Waals surface area contributed by atoms with Crippen LogP contribution in [-0.2, 0) is 22.5 Å². The van der Waals surface area contributed by atoms with Crippen molar-refractivity contribution < 1.29 is 9.53 Å². The maximum atomic E-state index is 13.2. The Morgan fingerprint density at radius 3 is 2.61 bits per heavy atom. The lowest BCUT2D eigenvalue weighted by Gasteiger charge is -2.28. The van der Waals surface area contributed by atoms with E-state index in [1.165, 1.54) is 0 Å². The second kappa shape index (κ2) is 9.94. The van der Waals surface area contributed by atoms with Crippen LogP contribution in [0.2, 0.25) is 5.02 Å². The minimum atomic E-state index is -0.172. The molecule has 0 unspecified atom stereocenters. The first-order chi connectivity index (χ1) is 15.1. The van der Waals surface area contributed by atoms with Crippen molar-refractivity contribution >= 4 is 34.4 Å². The lowest BCUT2D eigenvalue weighted by atomic mass is 10.1. The molecule has 4 rings (SSSR count). The number of amides is 1. The second-order valence-electron chi connectivity index (χ2n) is 7.46. The fourth-order valence-corrected chi connectivity index (χ4v) is 3.81. The van der Waals surface area contributed by atoms with E-state index in [1.54, 1.807) is 4.57 Å². The summed E-state index contributed by atoms with van der Waals surface area (Å²) >= 11 is 5.90. The molecule has 8 heteroatoms. The van der Waals surface area contributed by atoms with E-state index >= 15 is 0 Å². The third-order valence-electron chi connectivity index (χ3n) is 5.36. The van der Waals surface area contributed by atoms with Gasteiger partial charge in [-0.15, -0.1) is 0 Å². The lowest BCUT2D eigenvalue weighted by Crippen LogP contribution is -2.41. The molecule has 0 atom stereocenters. The van der Waals surface area contributed by atoms with Gasteiger partial charge in [0.1, 0.15) is 0 Å². The third kappa shape index (κ3) is 5.24. The van der Waals surface area contributed by atoms with Crippen LogP contribution in [0.3, 0.4) is 0 Å². The van der Waals surface area contributed by atoms with Gasteiger partial charge < -0.3 is 19.5 Å². The number of anilines is 1. The third-order valence-corrected chi connectivity index (χ3v) is 5.61. The summed E-state index contributed by atoms with van der Waals surface area (Å²) in [6.07, 6.45) is 0.944. The largest absolute Gasteiger partial charge is 0.378 e. The predicted octanol–water partition coefficient (Wildman–Crippen LogP) is 2.64. The molecule has 1 aromatic heterocycles. The van der Waals surface area contributed by atoms with Gasteiger partial charge in [-0.25, -0.2) is 4.98 Å². The van der Waals surface area contributed by atoms with Crippen molar-refractivity contribution in [2.45, 2.75) is 19.4 Å². The van der Waals surface area contributed by atoms with Crippen molar-refractivity contribution in [2.24, 2.45) is 0 Å². The number of hydrogen-bond acceptors (Lipinski definition) is 5. The summed E-state index contributed by atoms with van der Waals surface area (Å²) in [5.41, 5.74) is 2.41. The lowest BCUT2D eigenvalue weighted by molar-refractivity contribution is -0.121. The molecule has 2 aromatic carbocycles. The van der Waals surface area contributed by atoms with Gasteiger partial charge >= 0.3 is 0 Å². The van der Waals surface area contributed by atoms with Crippen LogP contribution in [0.25, 0.3) is 11.0 Å². The van der Waals surface area contributed by atoms with Crippen molar-refractivity contribution in [3.05, 3.63) is 69.5 Å². The number of nitrogens with zero attached hydrogens (tertiary/aromatic N) is 3. The monoisotopic (exact) mass is 440 g/mol. The molecular formula is C23H25ClN4O3. The molecule has 2 heterocycles. The number of ether oxygens (including phenoxy) is 1. The normalized spacial score (nSPS) is 14.0. The van der Waals surface area contributed by atoms with Crippen LogP contribution in [0.15, 0.2) is 53.3 Å². The Bertz CT molecular complexity index is 1110. The molecule has 0 bridgehead atoms. The van der Waals surface area contributed by atoms with Crippen LogP contribution in [0.1, 0.15) is 12.0 Å². The number of morpholine rings is 1. The Morgan fingerprint density at radius 1 is 1.10 bits per heavy atom. The molecule has 1 N–H and O–H groups in total. The molecule has 1 amide bonds. The Morgan fingerprint density at radius 2 is 1.84 bits per heavy atom. The maximum absolute atomic E-state index is 13.2. The van der Waals surface area contributed by atoms with Crippen LogP contribution in [-0.4, -0.2) is 48.3 Å². The summed E-state index contributed by atoms with van der Waals surface area (Å²) in [7, 11) is 0. The van der Waals surface area contributed by atoms with Gasteiger partial charge in [0.25, 0.3) is 5.56 Å². The van der Waals surface area contributed by atoms with Gasteiger partial charge in [0, 0.05) is 37.6 Å². The van der Waals surface area contributed by atoms with Crippen LogP contribution in [0.4, 0.5) is 5.82 Å². The number of aryl methyl sites for hydroxylation is 1. The molecular weight excluding hydrogens is 416 g/mol. The van der Waals surface area contributed by atoms with Gasteiger partial charge in [-0.05, 0) is 36.2 Å². The highest BCUT2D eigenvalue weighted by molar-refractivity contribution is 6.30. The fourth-order valence-electron chi connectivity index (χ4n) is 3.68. The van der Waals surface area contributed by atoms with Crippen molar-refractivity contribution in [1.29, 1.82) is 0 Å². The molecule has 0 radical (unpaired) electrons. The second-order valence-corrected chi connectivity index (χ2v) is 7.89. The molecule has 1 aliphatic heterocycles. The molecule has 0 saturated carbocycles. The van der Waals surface area contributed by atoms with Gasteiger partial charge in [-0.3, -0.25) is 9.59 Å². The molecule has 0 aliphatic carbocycles. The van der Waals surface area contributed by atoms with Crippen molar-refractivity contribution in [1.82, 2.24) is 14.9 Å². The summed E-state index contributed by atoms with van der Waals surface area (Å²) in [5, 5.41) is 3.63. The van der Waals surface area contributed by atoms with E-state index in [4.69, 9.17) is 16.3 Å². The number of halogens is 1. The van der Waals surface area contributed by atoms with Crippen LogP contribution >= 0.6 is 11.6 Å². The number of carbonyl (C=O) groups is 1. The van der Waals surface area contributed by atoms with E-state index in [0.29, 0.717) is 50.2 Å². The first-order valence-electron chi connectivity index (χ1n) is 10.5. The minimum Gasteiger partial charge on any atom is -0.378 e. The van der Waals surface area contributed by atoms with Gasteiger partial charge in [0.15, 0.2) is 5.82 Å². The van der Waals surface area contributed by atoms with Gasteiger partial charge in [-0.1, -0.05) is 35.9 Å². The SMILES string of the molecule is O=C(CCn1c(=O)c(N2CCOCC2)nc2ccccc21)NCCc1ccc(Cl)cc1. The quantitative estimate of drug-likeness (QED) is 0.611. The zero-order chi connectivity index (χ0) is 21.6. The van der Waals surface area contributed by atoms with Gasteiger partial charge in [0.2, 0.25) is 5.91 Å². The Balaban J connectivity index is 1.44. The number of nitrogens with one attached hydrogen (secondary N) is 1. The first kappa shape index (κ1) is 21.3. The first-order valence-corrected chi connectivity index (χ1v) is 10.8. The van der Waals surface area contributed by atoms with E-state index in [-0.39, 0.29) is 17.9 Å². The summed E-state index contributed by atoms with van der Waals surface area (Å²) in [6.45, 7) is 3.24. The van der Waals surface area contributed by atoms with Crippen molar-refractivity contribution in [3.8, 4) is 0 Å². The van der Waals surface area contributed by atoms with E-state index < -0.39 is 0 Å². The van der Waals surface area contributed by atoms with E-state index in [0.717, 1.165) is 23.0 Å². The van der Waals surface area contributed by atoms with Crippen LogP contribution < -0.4 is 15.8 Å². The standard InChI is InChI=1S/C23H25ClN4O3/c24-18-7-5-17(6-8-18)9-11-25-21(29)10-12-28-20-4-2-1-3-19(20)26-22(23(28)30)27-13-15-31-16-14-27/h1-8H,9-16H2,(H,25,29). The summed E-state index contributed by atoms with van der Waals surface area (Å²) in [6, 6.07) is 15.1. The average Bonchev–Trinajstić information content (AvgIpc) is 2.80. The van der Waals surface area contributed by atoms with E-state index in [1.807, 2.05) is 53.4 Å². The summed E-state index contributed by atoms with van der Waals surface area (Å²) < 4.78 is 7.05. The smallest absolute Gasteiger partial charge is 0.294 e. The predicted molar refractivity (Wildman–Crippen MR) is 122 cm³/mol. The number of rotatable bonds is 7. The Labute approximate surface area is 185 Å². The number of aromatic nitrogens is 2. The topological polar surface area (TPSA) is 76.5 Å². The zero-order valence-corrected chi connectivity index (χ0v) is 18.0. The average molecular weight is 441 g/mol. The molecule has 7 nitrogen and oxygen atoms in total. The highest BCUT2D eigenvalue weighted by Gasteiger charge is 2.19. The molecule has 1 aliphatic rings. The van der Waals surface area contributed by atoms with Gasteiger partial charge in [-0.2, -0.15) is 0 Å².